The van der Waals surface area contributed by atoms with Crippen LogP contribution < -0.4 is 5.32 Å². The van der Waals surface area contributed by atoms with Gasteiger partial charge in [0.15, 0.2) is 0 Å². The van der Waals surface area contributed by atoms with Crippen molar-refractivity contribution in [2.24, 2.45) is 0 Å². The van der Waals surface area contributed by atoms with Crippen molar-refractivity contribution in [1.29, 1.82) is 0 Å². The number of nitrogens with zero attached hydrogens (tertiary/aromatic N) is 1. The van der Waals surface area contributed by atoms with Crippen LogP contribution in [0, 0.1) is 11.6 Å². The Bertz CT molecular complexity index is 586. The summed E-state index contributed by atoms with van der Waals surface area (Å²) in [7, 11) is 0. The molecule has 1 N–H and O–H groups in total. The van der Waals surface area contributed by atoms with Crippen LogP contribution in [0.5, 0.6) is 0 Å². The number of hydrogen-bond donors (Lipinski definition) is 1. The minimum absolute atomic E-state index is 0.0419. The summed E-state index contributed by atoms with van der Waals surface area (Å²) >= 11 is 0. The van der Waals surface area contributed by atoms with Crippen molar-refractivity contribution < 1.29 is 8.78 Å². The first-order chi connectivity index (χ1) is 9.36. The van der Waals surface area contributed by atoms with E-state index in [4.69, 9.17) is 0 Å². The number of rotatable bonds is 3. The SMILES string of the molecule is CC(C)(C)c1ccc(NCc2cc(F)ccc2F)nc1. The van der Waals surface area contributed by atoms with Gasteiger partial charge in [0.05, 0.1) is 0 Å². The predicted octanol–water partition coefficient (Wildman–Crippen LogP) is 4.27. The zero-order chi connectivity index (χ0) is 14.8. The Morgan fingerprint density at radius 2 is 1.85 bits per heavy atom. The van der Waals surface area contributed by atoms with E-state index >= 15 is 0 Å². The highest BCUT2D eigenvalue weighted by atomic mass is 19.1. The molecular weight excluding hydrogens is 258 g/mol. The molecule has 1 aromatic carbocycles. The normalized spacial score (nSPS) is 11.4. The lowest BCUT2D eigenvalue weighted by Gasteiger charge is -2.18. The van der Waals surface area contributed by atoms with Gasteiger partial charge in [-0.15, -0.1) is 0 Å². The fraction of sp³-hybridized carbons (Fsp3) is 0.312. The van der Waals surface area contributed by atoms with Gasteiger partial charge >= 0.3 is 0 Å². The van der Waals surface area contributed by atoms with E-state index in [1.807, 2.05) is 12.1 Å². The van der Waals surface area contributed by atoms with E-state index in [1.54, 1.807) is 6.20 Å². The van der Waals surface area contributed by atoms with Crippen LogP contribution in [0.2, 0.25) is 0 Å². The van der Waals surface area contributed by atoms with Crippen LogP contribution in [0.25, 0.3) is 0 Å². The maximum Gasteiger partial charge on any atom is 0.128 e. The molecule has 20 heavy (non-hydrogen) atoms. The maximum absolute atomic E-state index is 13.5. The lowest BCUT2D eigenvalue weighted by molar-refractivity contribution is 0.586. The van der Waals surface area contributed by atoms with Crippen molar-refractivity contribution in [1.82, 2.24) is 4.98 Å². The second-order valence-corrected chi connectivity index (χ2v) is 5.77. The van der Waals surface area contributed by atoms with E-state index in [0.717, 1.165) is 17.7 Å². The Balaban J connectivity index is 2.06. The van der Waals surface area contributed by atoms with Gasteiger partial charge in [-0.3, -0.25) is 0 Å². The third kappa shape index (κ3) is 3.53. The lowest BCUT2D eigenvalue weighted by atomic mass is 9.88. The number of anilines is 1. The molecule has 0 aliphatic carbocycles. The molecule has 2 nitrogen and oxygen atoms in total. The minimum atomic E-state index is -0.445. The van der Waals surface area contributed by atoms with E-state index < -0.39 is 11.6 Å². The summed E-state index contributed by atoms with van der Waals surface area (Å²) in [5, 5.41) is 2.99. The van der Waals surface area contributed by atoms with Crippen molar-refractivity contribution in [3.8, 4) is 0 Å². The zero-order valence-electron chi connectivity index (χ0n) is 11.9. The van der Waals surface area contributed by atoms with Crippen molar-refractivity contribution in [3.05, 3.63) is 59.3 Å². The summed E-state index contributed by atoms with van der Waals surface area (Å²) in [4.78, 5) is 4.28. The molecule has 0 fully saturated rings. The number of hydrogen-bond acceptors (Lipinski definition) is 2. The van der Waals surface area contributed by atoms with Gasteiger partial charge in [0.1, 0.15) is 17.5 Å². The second kappa shape index (κ2) is 5.57. The molecular formula is C16H18F2N2. The largest absolute Gasteiger partial charge is 0.366 e. The Labute approximate surface area is 117 Å². The summed E-state index contributed by atoms with van der Waals surface area (Å²) in [5.74, 6) is -0.230. The number of nitrogens with one attached hydrogen (secondary N) is 1. The molecule has 4 heteroatoms. The first-order valence-electron chi connectivity index (χ1n) is 6.50. The molecule has 0 amide bonds. The smallest absolute Gasteiger partial charge is 0.128 e. The summed E-state index contributed by atoms with van der Waals surface area (Å²) in [5.41, 5.74) is 1.45. The van der Waals surface area contributed by atoms with Crippen molar-refractivity contribution in [2.75, 3.05) is 5.32 Å². The summed E-state index contributed by atoms with van der Waals surface area (Å²) in [6.45, 7) is 6.53. The molecule has 0 spiro atoms. The highest BCUT2D eigenvalue weighted by Crippen LogP contribution is 2.22. The highest BCUT2D eigenvalue weighted by molar-refractivity contribution is 5.38. The van der Waals surface area contributed by atoms with Gasteiger partial charge in [-0.25, -0.2) is 13.8 Å². The van der Waals surface area contributed by atoms with Gasteiger partial charge in [0.25, 0.3) is 0 Å². The predicted molar refractivity (Wildman–Crippen MR) is 76.6 cm³/mol. The van der Waals surface area contributed by atoms with Gasteiger partial charge < -0.3 is 5.32 Å². The molecule has 0 saturated carbocycles. The van der Waals surface area contributed by atoms with E-state index in [-0.39, 0.29) is 17.5 Å². The molecule has 2 rings (SSSR count). The van der Waals surface area contributed by atoms with E-state index in [9.17, 15) is 8.78 Å². The summed E-state index contributed by atoms with van der Waals surface area (Å²) in [6, 6.07) is 7.25. The molecule has 0 aliphatic heterocycles. The Morgan fingerprint density at radius 3 is 2.45 bits per heavy atom. The fourth-order valence-corrected chi connectivity index (χ4v) is 1.81. The Kier molecular flexibility index (Phi) is 4.02. The van der Waals surface area contributed by atoms with E-state index in [2.05, 4.69) is 31.1 Å². The number of pyridine rings is 1. The van der Waals surface area contributed by atoms with E-state index in [0.29, 0.717) is 5.82 Å². The van der Waals surface area contributed by atoms with E-state index in [1.165, 1.54) is 6.07 Å². The molecule has 0 radical (unpaired) electrons. The maximum atomic E-state index is 13.5. The van der Waals surface area contributed by atoms with Crippen LogP contribution >= 0.6 is 0 Å². The van der Waals surface area contributed by atoms with Crippen molar-refractivity contribution >= 4 is 5.82 Å². The monoisotopic (exact) mass is 276 g/mol. The molecule has 0 bridgehead atoms. The van der Waals surface area contributed by atoms with Gasteiger partial charge in [-0.05, 0) is 35.2 Å². The zero-order valence-corrected chi connectivity index (χ0v) is 11.9. The van der Waals surface area contributed by atoms with Crippen LogP contribution in [0.3, 0.4) is 0 Å². The average molecular weight is 276 g/mol. The lowest BCUT2D eigenvalue weighted by Crippen LogP contribution is -2.12. The molecule has 2 aromatic rings. The van der Waals surface area contributed by atoms with Gasteiger partial charge in [0.2, 0.25) is 0 Å². The highest BCUT2D eigenvalue weighted by Gasteiger charge is 2.13. The van der Waals surface area contributed by atoms with Crippen molar-refractivity contribution in [2.45, 2.75) is 32.7 Å². The third-order valence-electron chi connectivity index (χ3n) is 3.10. The van der Waals surface area contributed by atoms with Crippen LogP contribution in [0.1, 0.15) is 31.9 Å². The van der Waals surface area contributed by atoms with Gasteiger partial charge in [-0.2, -0.15) is 0 Å². The molecule has 1 aromatic heterocycles. The first kappa shape index (κ1) is 14.4. The molecule has 0 aliphatic rings. The van der Waals surface area contributed by atoms with Gasteiger partial charge in [-0.1, -0.05) is 26.8 Å². The second-order valence-electron chi connectivity index (χ2n) is 5.77. The Hall–Kier alpha value is -1.97. The topological polar surface area (TPSA) is 24.9 Å². The number of halogens is 2. The molecule has 0 unspecified atom stereocenters. The summed E-state index contributed by atoms with van der Waals surface area (Å²) < 4.78 is 26.5. The summed E-state index contributed by atoms with van der Waals surface area (Å²) in [6.07, 6.45) is 1.80. The van der Waals surface area contributed by atoms with Crippen LogP contribution in [0.4, 0.5) is 14.6 Å². The number of benzene rings is 1. The van der Waals surface area contributed by atoms with Crippen LogP contribution in [-0.4, -0.2) is 4.98 Å². The van der Waals surface area contributed by atoms with Crippen LogP contribution in [0.15, 0.2) is 36.5 Å². The average Bonchev–Trinajstić information content (AvgIpc) is 2.39. The standard InChI is InChI=1S/C16H18F2N2/c1-16(2,3)12-4-7-15(20-10-12)19-9-11-8-13(17)5-6-14(11)18/h4-8,10H,9H2,1-3H3,(H,19,20). The molecule has 1 heterocycles. The fourth-order valence-electron chi connectivity index (χ4n) is 1.81. The number of aromatic nitrogens is 1. The van der Waals surface area contributed by atoms with Crippen molar-refractivity contribution in [3.63, 3.8) is 0 Å². The van der Waals surface area contributed by atoms with Crippen LogP contribution in [-0.2, 0) is 12.0 Å². The molecule has 0 atom stereocenters. The first-order valence-corrected chi connectivity index (χ1v) is 6.50. The third-order valence-corrected chi connectivity index (χ3v) is 3.10. The Morgan fingerprint density at radius 1 is 1.10 bits per heavy atom. The minimum Gasteiger partial charge on any atom is -0.366 e. The molecule has 106 valence electrons. The quantitative estimate of drug-likeness (QED) is 0.905. The van der Waals surface area contributed by atoms with Gasteiger partial charge in [0, 0.05) is 18.3 Å². The molecule has 0 saturated heterocycles.